The van der Waals surface area contributed by atoms with E-state index in [1.807, 2.05) is 32.9 Å². The third-order valence-electron chi connectivity index (χ3n) is 7.01. The summed E-state index contributed by atoms with van der Waals surface area (Å²) in [5, 5.41) is 2.93. The number of hydrogen-bond acceptors (Lipinski definition) is 7. The van der Waals surface area contributed by atoms with Crippen LogP contribution in [0, 0.1) is 5.92 Å². The number of sulfonamides is 1. The Balaban J connectivity index is 1.73. The molecule has 10 nitrogen and oxygen atoms in total. The fraction of sp³-hybridized carbons (Fsp3) is 0.375. The van der Waals surface area contributed by atoms with Gasteiger partial charge in [-0.15, -0.1) is 0 Å². The smallest absolute Gasteiger partial charge is 0.264 e. The van der Waals surface area contributed by atoms with Gasteiger partial charge in [-0.2, -0.15) is 0 Å². The van der Waals surface area contributed by atoms with Crippen molar-refractivity contribution in [2.45, 2.75) is 44.7 Å². The maximum Gasteiger partial charge on any atom is 0.264 e. The second-order valence-corrected chi connectivity index (χ2v) is 12.4. The van der Waals surface area contributed by atoms with Gasteiger partial charge in [0.15, 0.2) is 11.5 Å². The third-order valence-corrected chi connectivity index (χ3v) is 8.79. The molecule has 11 heteroatoms. The number of fused-ring (bicyclic) bond motifs is 1. The van der Waals surface area contributed by atoms with E-state index in [9.17, 15) is 18.0 Å². The predicted octanol–water partition coefficient (Wildman–Crippen LogP) is 4.24. The summed E-state index contributed by atoms with van der Waals surface area (Å²) in [7, 11) is -2.63. The van der Waals surface area contributed by atoms with Crippen LogP contribution in [0.5, 0.6) is 17.2 Å². The summed E-state index contributed by atoms with van der Waals surface area (Å²) in [6.45, 7) is 6.51. The maximum atomic E-state index is 14.2. The second kappa shape index (κ2) is 14.3. The van der Waals surface area contributed by atoms with Crippen molar-refractivity contribution >= 4 is 27.5 Å². The van der Waals surface area contributed by atoms with Crippen molar-refractivity contribution in [2.24, 2.45) is 5.92 Å². The number of anilines is 1. The average Bonchev–Trinajstić information content (AvgIpc) is 3.02. The molecule has 0 aromatic heterocycles. The summed E-state index contributed by atoms with van der Waals surface area (Å²) >= 11 is 0. The van der Waals surface area contributed by atoms with Crippen LogP contribution in [0.15, 0.2) is 77.7 Å². The van der Waals surface area contributed by atoms with Crippen LogP contribution < -0.4 is 23.8 Å². The normalized spacial score (nSPS) is 13.2. The van der Waals surface area contributed by atoms with Gasteiger partial charge in [-0.1, -0.05) is 51.1 Å². The van der Waals surface area contributed by atoms with E-state index in [-0.39, 0.29) is 29.0 Å². The van der Waals surface area contributed by atoms with Crippen molar-refractivity contribution in [3.05, 3.63) is 78.4 Å². The molecular formula is C32H39N3O7S. The SMILES string of the molecule is CC[C@@H](C(=O)NCC(C)C)N(Cc1ccc(OC)cc1)C(=O)CN(c1ccc2c(c1)OCCO2)S(=O)(=O)c1ccccc1. The van der Waals surface area contributed by atoms with Crippen LogP contribution in [-0.4, -0.2) is 64.6 Å². The first-order valence-electron chi connectivity index (χ1n) is 14.3. The zero-order valence-electron chi connectivity index (χ0n) is 25.0. The molecule has 4 rings (SSSR count). The monoisotopic (exact) mass is 609 g/mol. The number of hydrogen-bond donors (Lipinski definition) is 1. The Morgan fingerprint density at radius 2 is 1.63 bits per heavy atom. The topological polar surface area (TPSA) is 114 Å². The zero-order valence-corrected chi connectivity index (χ0v) is 25.8. The Morgan fingerprint density at radius 1 is 0.953 bits per heavy atom. The lowest BCUT2D eigenvalue weighted by Crippen LogP contribution is -2.52. The van der Waals surface area contributed by atoms with E-state index in [0.29, 0.717) is 43.4 Å². The minimum atomic E-state index is -4.19. The number of nitrogens with one attached hydrogen (secondary N) is 1. The van der Waals surface area contributed by atoms with E-state index >= 15 is 0 Å². The summed E-state index contributed by atoms with van der Waals surface area (Å²) in [5.41, 5.74) is 1.00. The van der Waals surface area contributed by atoms with Crippen molar-refractivity contribution in [3.8, 4) is 17.2 Å². The van der Waals surface area contributed by atoms with Gasteiger partial charge < -0.3 is 24.4 Å². The molecule has 3 aromatic carbocycles. The lowest BCUT2D eigenvalue weighted by Gasteiger charge is -2.33. The summed E-state index contributed by atoms with van der Waals surface area (Å²) in [4.78, 5) is 29.1. The summed E-state index contributed by atoms with van der Waals surface area (Å²) in [5.74, 6) is 0.925. The lowest BCUT2D eigenvalue weighted by atomic mass is 10.1. The van der Waals surface area contributed by atoms with E-state index in [1.165, 1.54) is 17.0 Å². The van der Waals surface area contributed by atoms with Crippen molar-refractivity contribution < 1.29 is 32.2 Å². The number of carbonyl (C=O) groups is 2. The average molecular weight is 610 g/mol. The van der Waals surface area contributed by atoms with E-state index in [4.69, 9.17) is 14.2 Å². The van der Waals surface area contributed by atoms with E-state index in [2.05, 4.69) is 5.32 Å². The molecule has 0 aliphatic carbocycles. The van der Waals surface area contributed by atoms with Gasteiger partial charge in [-0.05, 0) is 54.3 Å². The standard InChI is InChI=1S/C32H39N3O7S/c1-5-28(32(37)33-20-23(2)3)34(21-24-11-14-26(40-4)15-12-24)31(36)22-35(43(38,39)27-9-7-6-8-10-27)25-13-16-29-30(19-25)42-18-17-41-29/h6-16,19,23,28H,5,17-18,20-22H2,1-4H3,(H,33,37)/t28-/m0/s1. The summed E-state index contributed by atoms with van der Waals surface area (Å²) in [6, 6.07) is 19.1. The van der Waals surface area contributed by atoms with E-state index in [1.54, 1.807) is 55.6 Å². The van der Waals surface area contributed by atoms with Crippen LogP contribution in [0.25, 0.3) is 0 Å². The first-order chi connectivity index (χ1) is 20.6. The van der Waals surface area contributed by atoms with E-state index < -0.39 is 28.5 Å². The molecule has 3 aromatic rings. The largest absolute Gasteiger partial charge is 0.497 e. The minimum absolute atomic E-state index is 0.0288. The van der Waals surface area contributed by atoms with Crippen LogP contribution in [0.2, 0.25) is 0 Å². The predicted molar refractivity (Wildman–Crippen MR) is 164 cm³/mol. The van der Waals surface area contributed by atoms with Crippen LogP contribution >= 0.6 is 0 Å². The highest BCUT2D eigenvalue weighted by molar-refractivity contribution is 7.92. The molecule has 0 unspecified atom stereocenters. The second-order valence-electron chi connectivity index (χ2n) is 10.6. The Morgan fingerprint density at radius 3 is 2.26 bits per heavy atom. The van der Waals surface area contributed by atoms with Gasteiger partial charge in [0.2, 0.25) is 11.8 Å². The van der Waals surface area contributed by atoms with Crippen LogP contribution in [-0.2, 0) is 26.2 Å². The number of methoxy groups -OCH3 is 1. The number of amides is 2. The minimum Gasteiger partial charge on any atom is -0.497 e. The highest BCUT2D eigenvalue weighted by Crippen LogP contribution is 2.36. The number of carbonyl (C=O) groups excluding carboxylic acids is 2. The molecule has 0 radical (unpaired) electrons. The molecule has 0 saturated heterocycles. The zero-order chi connectivity index (χ0) is 31.0. The van der Waals surface area contributed by atoms with Gasteiger partial charge in [0.05, 0.1) is 17.7 Å². The molecular weight excluding hydrogens is 570 g/mol. The van der Waals surface area contributed by atoms with Crippen LogP contribution in [0.3, 0.4) is 0 Å². The molecule has 0 fully saturated rings. The van der Waals surface area contributed by atoms with Crippen LogP contribution in [0.1, 0.15) is 32.8 Å². The van der Waals surface area contributed by atoms with Gasteiger partial charge in [-0.25, -0.2) is 8.42 Å². The number of ether oxygens (including phenoxy) is 3. The molecule has 0 spiro atoms. The molecule has 1 atom stereocenters. The number of benzene rings is 3. The van der Waals surface area contributed by atoms with Gasteiger partial charge in [0, 0.05) is 19.2 Å². The fourth-order valence-electron chi connectivity index (χ4n) is 4.71. The van der Waals surface area contributed by atoms with E-state index in [0.717, 1.165) is 9.87 Å². The molecule has 2 amide bonds. The highest BCUT2D eigenvalue weighted by Gasteiger charge is 2.34. The van der Waals surface area contributed by atoms with Crippen molar-refractivity contribution in [1.82, 2.24) is 10.2 Å². The summed E-state index contributed by atoms with van der Waals surface area (Å²) < 4.78 is 45.7. The number of rotatable bonds is 13. The molecule has 230 valence electrons. The third kappa shape index (κ3) is 7.78. The first-order valence-corrected chi connectivity index (χ1v) is 15.8. The Kier molecular flexibility index (Phi) is 10.5. The number of nitrogens with zero attached hydrogens (tertiary/aromatic N) is 2. The maximum absolute atomic E-state index is 14.2. The first kappa shape index (κ1) is 31.7. The highest BCUT2D eigenvalue weighted by atomic mass is 32.2. The molecule has 1 heterocycles. The van der Waals surface area contributed by atoms with Crippen molar-refractivity contribution in [3.63, 3.8) is 0 Å². The molecule has 1 N–H and O–H groups in total. The van der Waals surface area contributed by atoms with Gasteiger partial charge in [0.1, 0.15) is 31.5 Å². The molecule has 0 bridgehead atoms. The molecule has 1 aliphatic heterocycles. The van der Waals surface area contributed by atoms with Crippen LogP contribution in [0.4, 0.5) is 5.69 Å². The van der Waals surface area contributed by atoms with Gasteiger partial charge in [-0.3, -0.25) is 13.9 Å². The summed E-state index contributed by atoms with van der Waals surface area (Å²) in [6.07, 6.45) is 0.335. The van der Waals surface area contributed by atoms with Crippen molar-refractivity contribution in [2.75, 3.05) is 37.7 Å². The molecule has 1 aliphatic rings. The molecule has 0 saturated carbocycles. The van der Waals surface area contributed by atoms with Crippen molar-refractivity contribution in [1.29, 1.82) is 0 Å². The Bertz CT molecular complexity index is 1500. The van der Waals surface area contributed by atoms with Gasteiger partial charge >= 0.3 is 0 Å². The molecule has 43 heavy (non-hydrogen) atoms. The van der Waals surface area contributed by atoms with Gasteiger partial charge in [0.25, 0.3) is 10.0 Å². The Hall–Kier alpha value is -4.25. The quantitative estimate of drug-likeness (QED) is 0.308. The fourth-order valence-corrected chi connectivity index (χ4v) is 6.13. The Labute approximate surface area is 253 Å². The lowest BCUT2D eigenvalue weighted by molar-refractivity contribution is -0.140.